The Labute approximate surface area is 169 Å². The van der Waals surface area contributed by atoms with E-state index in [0.717, 1.165) is 38.6 Å². The van der Waals surface area contributed by atoms with Gasteiger partial charge in [-0.15, -0.1) is 22.7 Å². The molecule has 2 aromatic carbocycles. The third-order valence-corrected chi connectivity index (χ3v) is 7.21. The molecule has 0 spiro atoms. The number of fused-ring (bicyclic) bond motifs is 2. The number of benzene rings is 2. The first-order chi connectivity index (χ1) is 13.2. The maximum Gasteiger partial charge on any atom is 0.127 e. The van der Waals surface area contributed by atoms with Crippen molar-refractivity contribution in [1.29, 1.82) is 0 Å². The number of aliphatic imine (C=N–C) groups is 1. The molecule has 0 radical (unpaired) electrons. The van der Waals surface area contributed by atoms with Gasteiger partial charge < -0.3 is 5.11 Å². The first kappa shape index (κ1) is 16.9. The highest BCUT2D eigenvalue weighted by Gasteiger charge is 2.25. The molecule has 27 heavy (non-hydrogen) atoms. The van der Waals surface area contributed by atoms with Gasteiger partial charge in [-0.25, -0.2) is 9.98 Å². The van der Waals surface area contributed by atoms with Gasteiger partial charge in [0.1, 0.15) is 15.8 Å². The Balaban J connectivity index is 1.64. The number of para-hydroxylation sites is 1. The summed E-state index contributed by atoms with van der Waals surface area (Å²) >= 11 is 9.55. The van der Waals surface area contributed by atoms with Gasteiger partial charge in [-0.05, 0) is 55.2 Å². The number of thiophene rings is 1. The number of aromatic hydroxyl groups is 1. The zero-order valence-corrected chi connectivity index (χ0v) is 16.7. The molecular formula is C21H15ClN2OS2. The quantitative estimate of drug-likeness (QED) is 0.385. The van der Waals surface area contributed by atoms with Crippen molar-refractivity contribution in [3.63, 3.8) is 0 Å². The summed E-state index contributed by atoms with van der Waals surface area (Å²) in [4.78, 5) is 11.0. The molecule has 0 aliphatic heterocycles. The van der Waals surface area contributed by atoms with Gasteiger partial charge in [0.2, 0.25) is 0 Å². The van der Waals surface area contributed by atoms with Crippen LogP contribution >= 0.6 is 34.3 Å². The number of phenols is 1. The highest BCUT2D eigenvalue weighted by atomic mass is 35.5. The molecule has 6 heteroatoms. The minimum Gasteiger partial charge on any atom is -0.507 e. The molecule has 0 fully saturated rings. The molecule has 2 heterocycles. The number of hydrogen-bond donors (Lipinski definition) is 1. The van der Waals surface area contributed by atoms with Gasteiger partial charge in [0.05, 0.1) is 15.8 Å². The molecule has 0 bridgehead atoms. The molecule has 1 aliphatic carbocycles. The number of thiazole rings is 1. The molecule has 0 saturated heterocycles. The predicted molar refractivity (Wildman–Crippen MR) is 115 cm³/mol. The SMILES string of the molecule is Oc1ccccc1/C=N/c1sc2c(c1-c1nc3cc(Cl)ccc3s1)CCC2. The van der Waals surface area contributed by atoms with E-state index >= 15 is 0 Å². The Morgan fingerprint density at radius 1 is 1.11 bits per heavy atom. The number of nitrogens with zero attached hydrogens (tertiary/aromatic N) is 2. The molecule has 2 aromatic heterocycles. The second-order valence-electron chi connectivity index (χ2n) is 6.49. The van der Waals surface area contributed by atoms with Crippen molar-refractivity contribution >= 4 is 55.7 Å². The summed E-state index contributed by atoms with van der Waals surface area (Å²) in [5, 5.41) is 12.7. The molecule has 1 N–H and O–H groups in total. The zero-order valence-electron chi connectivity index (χ0n) is 14.3. The lowest BCUT2D eigenvalue weighted by Crippen LogP contribution is -1.83. The van der Waals surface area contributed by atoms with Crippen LogP contribution in [0.4, 0.5) is 5.00 Å². The van der Waals surface area contributed by atoms with Crippen molar-refractivity contribution in [3.8, 4) is 16.3 Å². The van der Waals surface area contributed by atoms with Crippen LogP contribution in [0.5, 0.6) is 5.75 Å². The summed E-state index contributed by atoms with van der Waals surface area (Å²) in [6.45, 7) is 0. The van der Waals surface area contributed by atoms with Crippen molar-refractivity contribution in [2.75, 3.05) is 0 Å². The lowest BCUT2D eigenvalue weighted by Gasteiger charge is -2.00. The van der Waals surface area contributed by atoms with Crippen LogP contribution < -0.4 is 0 Å². The minimum absolute atomic E-state index is 0.238. The van der Waals surface area contributed by atoms with Crippen molar-refractivity contribution < 1.29 is 5.11 Å². The highest BCUT2D eigenvalue weighted by molar-refractivity contribution is 7.22. The van der Waals surface area contributed by atoms with E-state index in [2.05, 4.69) is 0 Å². The third-order valence-electron chi connectivity index (χ3n) is 4.72. The Morgan fingerprint density at radius 3 is 2.89 bits per heavy atom. The van der Waals surface area contributed by atoms with Gasteiger partial charge in [0.25, 0.3) is 0 Å². The third kappa shape index (κ3) is 3.06. The van der Waals surface area contributed by atoms with Crippen molar-refractivity contribution in [2.24, 2.45) is 4.99 Å². The smallest absolute Gasteiger partial charge is 0.127 e. The lowest BCUT2D eigenvalue weighted by atomic mass is 10.1. The summed E-state index contributed by atoms with van der Waals surface area (Å²) in [5.41, 5.74) is 4.18. The molecule has 0 saturated carbocycles. The zero-order chi connectivity index (χ0) is 18.4. The number of rotatable bonds is 3. The first-order valence-electron chi connectivity index (χ1n) is 8.72. The molecule has 0 atom stereocenters. The number of aromatic nitrogens is 1. The monoisotopic (exact) mass is 410 g/mol. The summed E-state index contributed by atoms with van der Waals surface area (Å²) in [5.74, 6) is 0.238. The van der Waals surface area contributed by atoms with Crippen LogP contribution in [0.25, 0.3) is 20.8 Å². The van der Waals surface area contributed by atoms with Crippen molar-refractivity contribution in [3.05, 3.63) is 63.5 Å². The van der Waals surface area contributed by atoms with E-state index in [4.69, 9.17) is 21.6 Å². The van der Waals surface area contributed by atoms with Crippen LogP contribution in [-0.4, -0.2) is 16.3 Å². The Kier molecular flexibility index (Phi) is 4.23. The maximum absolute atomic E-state index is 10.0. The fraction of sp³-hybridized carbons (Fsp3) is 0.143. The second kappa shape index (κ2) is 6.75. The summed E-state index contributed by atoms with van der Waals surface area (Å²) in [6.07, 6.45) is 5.11. The van der Waals surface area contributed by atoms with E-state index in [1.165, 1.54) is 16.9 Å². The Morgan fingerprint density at radius 2 is 2.00 bits per heavy atom. The molecule has 5 rings (SSSR count). The van der Waals surface area contributed by atoms with Gasteiger partial charge in [-0.3, -0.25) is 0 Å². The lowest BCUT2D eigenvalue weighted by molar-refractivity contribution is 0.474. The normalized spacial score (nSPS) is 13.7. The van der Waals surface area contributed by atoms with Crippen LogP contribution in [-0.2, 0) is 12.8 Å². The second-order valence-corrected chi connectivity index (χ2v) is 9.04. The van der Waals surface area contributed by atoms with E-state index in [1.54, 1.807) is 35.0 Å². The van der Waals surface area contributed by atoms with Crippen LogP contribution in [0.3, 0.4) is 0 Å². The van der Waals surface area contributed by atoms with Gasteiger partial charge in [0, 0.05) is 21.7 Å². The van der Waals surface area contributed by atoms with Crippen LogP contribution in [0.1, 0.15) is 22.4 Å². The molecular weight excluding hydrogens is 396 g/mol. The summed E-state index contributed by atoms with van der Waals surface area (Å²) in [7, 11) is 0. The van der Waals surface area contributed by atoms with Gasteiger partial charge in [0.15, 0.2) is 0 Å². The minimum atomic E-state index is 0.238. The van der Waals surface area contributed by atoms with Crippen LogP contribution in [0.15, 0.2) is 47.5 Å². The Bertz CT molecular complexity index is 1190. The molecule has 3 nitrogen and oxygen atoms in total. The van der Waals surface area contributed by atoms with E-state index in [0.29, 0.717) is 10.6 Å². The number of aryl methyl sites for hydroxylation is 1. The average molecular weight is 411 g/mol. The standard InChI is InChI=1S/C21H15ClN2OS2/c22-13-8-9-18-15(10-13)24-21(27-18)19-14-5-3-7-17(14)26-20(19)23-11-12-4-1-2-6-16(12)25/h1-2,4,6,8-11,25H,3,5,7H2/b23-11+. The van der Waals surface area contributed by atoms with Crippen molar-refractivity contribution in [1.82, 2.24) is 4.98 Å². The number of phenolic OH excluding ortho intramolecular Hbond substituents is 1. The fourth-order valence-electron chi connectivity index (χ4n) is 3.43. The fourth-order valence-corrected chi connectivity index (χ4v) is 5.92. The topological polar surface area (TPSA) is 45.5 Å². The van der Waals surface area contributed by atoms with Crippen molar-refractivity contribution in [2.45, 2.75) is 19.3 Å². The van der Waals surface area contributed by atoms with Gasteiger partial charge in [-0.1, -0.05) is 23.7 Å². The number of halogens is 1. The van der Waals surface area contributed by atoms with Gasteiger partial charge >= 0.3 is 0 Å². The van der Waals surface area contributed by atoms with Gasteiger partial charge in [-0.2, -0.15) is 0 Å². The van der Waals surface area contributed by atoms with Crippen LogP contribution in [0.2, 0.25) is 5.02 Å². The molecule has 1 aliphatic rings. The maximum atomic E-state index is 10.0. The average Bonchev–Trinajstić information content (AvgIpc) is 3.34. The Hall–Kier alpha value is -2.21. The van der Waals surface area contributed by atoms with Crippen LogP contribution in [0, 0.1) is 0 Å². The molecule has 134 valence electrons. The molecule has 0 amide bonds. The summed E-state index contributed by atoms with van der Waals surface area (Å²) < 4.78 is 1.13. The highest BCUT2D eigenvalue weighted by Crippen LogP contribution is 2.48. The first-order valence-corrected chi connectivity index (χ1v) is 10.7. The summed E-state index contributed by atoms with van der Waals surface area (Å²) in [6, 6.07) is 13.1. The van der Waals surface area contributed by atoms with E-state index in [1.807, 2.05) is 36.4 Å². The largest absolute Gasteiger partial charge is 0.507 e. The van der Waals surface area contributed by atoms with E-state index < -0.39 is 0 Å². The number of hydrogen-bond acceptors (Lipinski definition) is 5. The molecule has 4 aromatic rings. The van der Waals surface area contributed by atoms with E-state index in [-0.39, 0.29) is 5.75 Å². The molecule has 0 unspecified atom stereocenters. The van der Waals surface area contributed by atoms with E-state index in [9.17, 15) is 5.11 Å². The predicted octanol–water partition coefficient (Wildman–Crippen LogP) is 6.62.